The lowest BCUT2D eigenvalue weighted by Gasteiger charge is -2.37. The molecule has 2 aliphatic rings. The summed E-state index contributed by atoms with van der Waals surface area (Å²) in [6, 6.07) is 11.6. The lowest BCUT2D eigenvalue weighted by molar-refractivity contribution is -0.145. The Morgan fingerprint density at radius 1 is 1.02 bits per heavy atom. The second-order valence-electron chi connectivity index (χ2n) is 10.6. The number of rotatable bonds is 11. The normalized spacial score (nSPS) is 18.4. The molecule has 2 atom stereocenters. The third-order valence-electron chi connectivity index (χ3n) is 7.58. The topological polar surface area (TPSA) is 154 Å². The number of piperazine rings is 1. The van der Waals surface area contributed by atoms with Gasteiger partial charge in [0.15, 0.2) is 0 Å². The molecular formula is C29H39ClN6O5S. The summed E-state index contributed by atoms with van der Waals surface area (Å²) in [6.07, 6.45) is 2.42. The predicted molar refractivity (Wildman–Crippen MR) is 161 cm³/mol. The first kappa shape index (κ1) is 31.9. The molecule has 11 nitrogen and oxygen atoms in total. The van der Waals surface area contributed by atoms with E-state index in [4.69, 9.17) is 17.3 Å². The number of nitrogens with zero attached hydrogens (tertiary/aromatic N) is 2. The molecule has 5 N–H and O–H groups in total. The van der Waals surface area contributed by atoms with E-state index in [-0.39, 0.29) is 44.3 Å². The van der Waals surface area contributed by atoms with Crippen molar-refractivity contribution in [1.29, 1.82) is 0 Å². The predicted octanol–water partition coefficient (Wildman–Crippen LogP) is 1.11. The molecule has 2 aromatic carbocycles. The molecule has 42 heavy (non-hydrogen) atoms. The third kappa shape index (κ3) is 8.74. The lowest BCUT2D eigenvalue weighted by atomic mass is 10.1. The average molecular weight is 619 g/mol. The van der Waals surface area contributed by atoms with Gasteiger partial charge >= 0.3 is 0 Å². The van der Waals surface area contributed by atoms with Gasteiger partial charge in [-0.05, 0) is 48.1 Å². The highest BCUT2D eigenvalue weighted by Crippen LogP contribution is 2.18. The maximum absolute atomic E-state index is 14.0. The van der Waals surface area contributed by atoms with E-state index in [1.165, 1.54) is 4.90 Å². The second kappa shape index (κ2) is 14.9. The summed E-state index contributed by atoms with van der Waals surface area (Å²) in [5.74, 6) is -1.65. The number of carbonyl (C=O) groups excluding carboxylic acids is 3. The van der Waals surface area contributed by atoms with Crippen LogP contribution in [-0.2, 0) is 43.2 Å². The Morgan fingerprint density at radius 2 is 1.76 bits per heavy atom. The minimum absolute atomic E-state index is 0.158. The van der Waals surface area contributed by atoms with Crippen LogP contribution in [0, 0.1) is 0 Å². The molecule has 2 fully saturated rings. The Hall–Kier alpha value is -3.03. The molecular weight excluding hydrogens is 580 g/mol. The number of carbonyl (C=O) groups is 3. The smallest absolute Gasteiger partial charge is 0.244 e. The summed E-state index contributed by atoms with van der Waals surface area (Å²) < 4.78 is 28.9. The summed E-state index contributed by atoms with van der Waals surface area (Å²) in [6.45, 7) is 2.36. The van der Waals surface area contributed by atoms with Gasteiger partial charge in [0.05, 0.1) is 12.2 Å². The van der Waals surface area contributed by atoms with Crippen molar-refractivity contribution in [3.8, 4) is 0 Å². The minimum Gasteiger partial charge on any atom is -0.350 e. The molecule has 0 spiro atoms. The quantitative estimate of drug-likeness (QED) is 0.294. The average Bonchev–Trinajstić information content (AvgIpc) is 2.99. The second-order valence-corrected chi connectivity index (χ2v) is 12.8. The van der Waals surface area contributed by atoms with Crippen LogP contribution in [0.4, 0.5) is 0 Å². The highest BCUT2D eigenvalue weighted by molar-refractivity contribution is 7.88. The first-order valence-corrected chi connectivity index (χ1v) is 16.3. The fraction of sp³-hybridized carbons (Fsp3) is 0.483. The minimum atomic E-state index is -4.00. The number of halogens is 1. The molecule has 2 aromatic rings. The van der Waals surface area contributed by atoms with Crippen molar-refractivity contribution in [3.63, 3.8) is 0 Å². The number of hydrogen-bond donors (Lipinski definition) is 4. The van der Waals surface area contributed by atoms with Gasteiger partial charge in [-0.25, -0.2) is 13.1 Å². The third-order valence-corrected chi connectivity index (χ3v) is 9.17. The first-order chi connectivity index (χ1) is 20.2. The van der Waals surface area contributed by atoms with E-state index in [2.05, 4.69) is 15.4 Å². The number of piperidine rings is 1. The Labute approximate surface area is 252 Å². The number of sulfonamides is 1. The fourth-order valence-electron chi connectivity index (χ4n) is 5.34. The van der Waals surface area contributed by atoms with E-state index in [9.17, 15) is 22.8 Å². The summed E-state index contributed by atoms with van der Waals surface area (Å²) in [5.41, 5.74) is 7.98. The number of amides is 3. The van der Waals surface area contributed by atoms with Gasteiger partial charge < -0.3 is 26.2 Å². The highest BCUT2D eigenvalue weighted by atomic mass is 35.5. The zero-order valence-corrected chi connectivity index (χ0v) is 25.1. The fourth-order valence-corrected chi connectivity index (χ4v) is 6.87. The Morgan fingerprint density at radius 3 is 2.48 bits per heavy atom. The van der Waals surface area contributed by atoms with Crippen LogP contribution >= 0.6 is 11.6 Å². The largest absolute Gasteiger partial charge is 0.350 e. The molecule has 0 bridgehead atoms. The van der Waals surface area contributed by atoms with Crippen LogP contribution in [0.1, 0.15) is 42.4 Å². The maximum Gasteiger partial charge on any atom is 0.244 e. The van der Waals surface area contributed by atoms with Gasteiger partial charge in [-0.2, -0.15) is 0 Å². The molecule has 0 saturated carbocycles. The van der Waals surface area contributed by atoms with Gasteiger partial charge in [0.25, 0.3) is 0 Å². The number of nitrogens with one attached hydrogen (secondary N) is 3. The summed E-state index contributed by atoms with van der Waals surface area (Å²) in [7, 11) is -4.00. The van der Waals surface area contributed by atoms with E-state index in [1.54, 1.807) is 53.4 Å². The lowest BCUT2D eigenvalue weighted by Crippen LogP contribution is -2.63. The summed E-state index contributed by atoms with van der Waals surface area (Å²) in [4.78, 5) is 43.6. The zero-order valence-electron chi connectivity index (χ0n) is 23.6. The highest BCUT2D eigenvalue weighted by Gasteiger charge is 2.38. The van der Waals surface area contributed by atoms with Gasteiger partial charge in [-0.1, -0.05) is 48.0 Å². The van der Waals surface area contributed by atoms with Gasteiger partial charge in [-0.3, -0.25) is 14.4 Å². The van der Waals surface area contributed by atoms with Crippen molar-refractivity contribution in [2.45, 2.75) is 56.6 Å². The van der Waals surface area contributed by atoms with E-state index in [0.29, 0.717) is 30.2 Å². The first-order valence-electron chi connectivity index (χ1n) is 14.2. The van der Waals surface area contributed by atoms with Gasteiger partial charge in [0, 0.05) is 50.8 Å². The van der Waals surface area contributed by atoms with Crippen LogP contribution < -0.4 is 21.1 Å². The van der Waals surface area contributed by atoms with Crippen molar-refractivity contribution >= 4 is 39.3 Å². The van der Waals surface area contributed by atoms with Crippen LogP contribution in [0.2, 0.25) is 5.02 Å². The van der Waals surface area contributed by atoms with E-state index < -0.39 is 33.9 Å². The van der Waals surface area contributed by atoms with Crippen molar-refractivity contribution in [2.75, 3.05) is 32.7 Å². The van der Waals surface area contributed by atoms with Crippen molar-refractivity contribution in [2.24, 2.45) is 5.73 Å². The van der Waals surface area contributed by atoms with E-state index in [1.807, 2.05) is 0 Å². The molecule has 4 rings (SSSR count). The van der Waals surface area contributed by atoms with E-state index >= 15 is 0 Å². The molecule has 0 aliphatic carbocycles. The van der Waals surface area contributed by atoms with Crippen LogP contribution in [-0.4, -0.2) is 80.7 Å². The molecule has 0 aromatic heterocycles. The SMILES string of the molecule is NCc1ccc(Cl)cc1CNC(=O)C1CNCCN1C(=O)C(CC(=O)N1CCCCC1)NS(=O)(=O)Cc1ccccc1. The molecule has 3 amide bonds. The number of likely N-dealkylation sites (tertiary alicyclic amines) is 1. The van der Waals surface area contributed by atoms with Crippen LogP contribution in [0.5, 0.6) is 0 Å². The molecule has 2 heterocycles. The van der Waals surface area contributed by atoms with Crippen molar-refractivity contribution < 1.29 is 22.8 Å². The van der Waals surface area contributed by atoms with Gasteiger partial charge in [0.2, 0.25) is 27.7 Å². The Bertz CT molecular complexity index is 1350. The molecule has 2 saturated heterocycles. The molecule has 2 aliphatic heterocycles. The van der Waals surface area contributed by atoms with Crippen molar-refractivity contribution in [1.82, 2.24) is 25.2 Å². The van der Waals surface area contributed by atoms with Crippen LogP contribution in [0.3, 0.4) is 0 Å². The Kier molecular flexibility index (Phi) is 11.3. The summed E-state index contributed by atoms with van der Waals surface area (Å²) >= 11 is 6.14. The number of hydrogen-bond acceptors (Lipinski definition) is 7. The number of nitrogens with two attached hydrogens (primary N) is 1. The summed E-state index contributed by atoms with van der Waals surface area (Å²) in [5, 5.41) is 6.51. The van der Waals surface area contributed by atoms with Crippen molar-refractivity contribution in [3.05, 3.63) is 70.2 Å². The molecule has 13 heteroatoms. The number of benzene rings is 2. The zero-order chi connectivity index (χ0) is 30.1. The van der Waals surface area contributed by atoms with Crippen LogP contribution in [0.15, 0.2) is 48.5 Å². The van der Waals surface area contributed by atoms with Gasteiger partial charge in [-0.15, -0.1) is 0 Å². The molecule has 2 unspecified atom stereocenters. The Balaban J connectivity index is 1.52. The molecule has 0 radical (unpaired) electrons. The standard InChI is InChI=1S/C29H39ClN6O5S/c30-24-10-9-22(17-31)23(15-24)18-33-28(38)26-19-32-11-14-36(26)29(39)25(16-27(37)35-12-5-2-6-13-35)34-42(40,41)20-21-7-3-1-4-8-21/h1,3-4,7-10,15,25-26,32,34H,2,5-6,11-14,16-20,31H2,(H,33,38). The van der Waals surface area contributed by atoms with Crippen LogP contribution in [0.25, 0.3) is 0 Å². The monoisotopic (exact) mass is 618 g/mol. The maximum atomic E-state index is 14.0. The van der Waals surface area contributed by atoms with Gasteiger partial charge in [0.1, 0.15) is 12.1 Å². The molecule has 228 valence electrons. The van der Waals surface area contributed by atoms with E-state index in [0.717, 1.165) is 30.4 Å².